The van der Waals surface area contributed by atoms with Crippen LogP contribution in [-0.2, 0) is 0 Å². The number of hydrogen-bond donors (Lipinski definition) is 0. The molecule has 0 aliphatic rings. The van der Waals surface area contributed by atoms with E-state index in [1.165, 1.54) is 27.4 Å². The maximum absolute atomic E-state index is 5.10. The van der Waals surface area contributed by atoms with Crippen LogP contribution in [0.5, 0.6) is 0 Å². The Morgan fingerprint density at radius 1 is 0.317 bits per heavy atom. The second-order valence-corrected chi connectivity index (χ2v) is 15.0. The highest BCUT2D eigenvalue weighted by atomic mass is 15.1. The maximum atomic E-state index is 5.10. The molecule has 0 radical (unpaired) electrons. The number of fused-ring (bicyclic) bond motifs is 4. The summed E-state index contributed by atoms with van der Waals surface area (Å²) in [5.41, 5.74) is 15.3. The summed E-state index contributed by atoms with van der Waals surface area (Å²) in [6, 6.07) is 81.6. The van der Waals surface area contributed by atoms with Crippen molar-refractivity contribution in [2.75, 3.05) is 4.90 Å². The summed E-state index contributed by atoms with van der Waals surface area (Å²) < 4.78 is 2.39. The summed E-state index contributed by atoms with van der Waals surface area (Å²) in [6.07, 6.45) is 0. The molecule has 0 amide bonds. The third-order valence-corrected chi connectivity index (χ3v) is 11.4. The molecule has 11 rings (SSSR count). The van der Waals surface area contributed by atoms with Crippen LogP contribution < -0.4 is 4.90 Å². The first-order valence-electron chi connectivity index (χ1n) is 20.3. The maximum Gasteiger partial charge on any atom is 0.160 e. The number of aromatic nitrogens is 3. The smallest absolute Gasteiger partial charge is 0.160 e. The van der Waals surface area contributed by atoms with Gasteiger partial charge in [-0.3, -0.25) is 0 Å². The lowest BCUT2D eigenvalue weighted by Gasteiger charge is -2.26. The Balaban J connectivity index is 0.958. The molecular formula is C56H38N4. The Bertz CT molecular complexity index is 3270. The van der Waals surface area contributed by atoms with Crippen molar-refractivity contribution in [3.63, 3.8) is 0 Å². The highest BCUT2D eigenvalue weighted by molar-refractivity contribution is 6.10. The van der Waals surface area contributed by atoms with Crippen molar-refractivity contribution in [2.24, 2.45) is 0 Å². The molecule has 60 heavy (non-hydrogen) atoms. The van der Waals surface area contributed by atoms with Crippen molar-refractivity contribution in [3.8, 4) is 50.6 Å². The Morgan fingerprint density at radius 3 is 1.52 bits per heavy atom. The van der Waals surface area contributed by atoms with Crippen LogP contribution in [0.3, 0.4) is 0 Å². The average Bonchev–Trinajstić information content (AvgIpc) is 3.66. The summed E-state index contributed by atoms with van der Waals surface area (Å²) in [6.45, 7) is 0. The van der Waals surface area contributed by atoms with Gasteiger partial charge in [-0.05, 0) is 89.0 Å². The fourth-order valence-electron chi connectivity index (χ4n) is 8.47. The van der Waals surface area contributed by atoms with Gasteiger partial charge in [-0.2, -0.15) is 0 Å². The van der Waals surface area contributed by atoms with Gasteiger partial charge in [-0.15, -0.1) is 0 Å². The number of nitrogens with zero attached hydrogens (tertiary/aromatic N) is 4. The SMILES string of the molecule is c1ccc(-c2ccc(N(c3ccccc3)c3ccc(-n4c5ccccc5c5ccc(-c6ccc(-c7nc(-c8ccccc8)c8ccccc8n7)cc6)cc54)cc3)cc2)cc1. The van der Waals surface area contributed by atoms with Gasteiger partial charge in [0, 0.05) is 50.0 Å². The van der Waals surface area contributed by atoms with Gasteiger partial charge in [-0.25, -0.2) is 9.97 Å². The molecule has 2 heterocycles. The zero-order chi connectivity index (χ0) is 39.8. The molecule has 4 nitrogen and oxygen atoms in total. The number of anilines is 3. The Labute approximate surface area is 348 Å². The molecule has 0 atom stereocenters. The van der Waals surface area contributed by atoms with Crippen LogP contribution in [0, 0.1) is 0 Å². The normalized spacial score (nSPS) is 11.3. The van der Waals surface area contributed by atoms with E-state index in [9.17, 15) is 0 Å². The van der Waals surface area contributed by atoms with E-state index in [1.54, 1.807) is 0 Å². The lowest BCUT2D eigenvalue weighted by atomic mass is 10.0. The quantitative estimate of drug-likeness (QED) is 0.154. The molecule has 9 aromatic carbocycles. The highest BCUT2D eigenvalue weighted by Gasteiger charge is 2.17. The predicted molar refractivity (Wildman–Crippen MR) is 250 cm³/mol. The van der Waals surface area contributed by atoms with E-state index >= 15 is 0 Å². The second-order valence-electron chi connectivity index (χ2n) is 15.0. The van der Waals surface area contributed by atoms with Crippen molar-refractivity contribution < 1.29 is 0 Å². The summed E-state index contributed by atoms with van der Waals surface area (Å²) >= 11 is 0. The Kier molecular flexibility index (Phi) is 8.79. The van der Waals surface area contributed by atoms with Crippen molar-refractivity contribution >= 4 is 49.8 Å². The van der Waals surface area contributed by atoms with Gasteiger partial charge in [0.25, 0.3) is 0 Å². The van der Waals surface area contributed by atoms with Crippen LogP contribution in [0.1, 0.15) is 0 Å². The van der Waals surface area contributed by atoms with Crippen LogP contribution in [-0.4, -0.2) is 14.5 Å². The van der Waals surface area contributed by atoms with Gasteiger partial charge in [0.05, 0.1) is 22.2 Å². The molecule has 0 aliphatic heterocycles. The van der Waals surface area contributed by atoms with E-state index in [-0.39, 0.29) is 0 Å². The molecule has 0 aliphatic carbocycles. The molecule has 0 saturated carbocycles. The lowest BCUT2D eigenvalue weighted by Crippen LogP contribution is -2.10. The number of hydrogen-bond acceptors (Lipinski definition) is 3. The van der Waals surface area contributed by atoms with E-state index in [0.717, 1.165) is 67.1 Å². The monoisotopic (exact) mass is 766 g/mol. The standard InChI is InChI=1S/C56H38N4/c1-4-14-39(15-5-1)40-28-31-46(32-29-40)59(45-18-8-3-9-19-45)47-33-35-48(36-34-47)60-53-23-13-11-20-49(53)50-37-30-44(38-54(50)60)41-24-26-43(27-25-41)56-57-52-22-12-10-21-51(52)55(58-56)42-16-6-2-7-17-42/h1-38H. The van der Waals surface area contributed by atoms with Crippen molar-refractivity contribution in [3.05, 3.63) is 231 Å². The van der Waals surface area contributed by atoms with Crippen LogP contribution in [0.4, 0.5) is 17.1 Å². The number of benzene rings is 9. The Morgan fingerprint density at radius 2 is 0.800 bits per heavy atom. The molecule has 0 unspecified atom stereocenters. The van der Waals surface area contributed by atoms with Gasteiger partial charge in [0.1, 0.15) is 0 Å². The fourth-order valence-corrected chi connectivity index (χ4v) is 8.47. The molecule has 0 bridgehead atoms. The van der Waals surface area contributed by atoms with Crippen LogP contribution in [0.2, 0.25) is 0 Å². The molecule has 11 aromatic rings. The zero-order valence-electron chi connectivity index (χ0n) is 32.7. The summed E-state index contributed by atoms with van der Waals surface area (Å²) in [7, 11) is 0. The first kappa shape index (κ1) is 35.1. The number of rotatable bonds is 8. The summed E-state index contributed by atoms with van der Waals surface area (Å²) in [5, 5.41) is 3.49. The molecule has 282 valence electrons. The topological polar surface area (TPSA) is 34.0 Å². The third kappa shape index (κ3) is 6.37. The first-order valence-corrected chi connectivity index (χ1v) is 20.3. The van der Waals surface area contributed by atoms with Crippen molar-refractivity contribution in [1.82, 2.24) is 14.5 Å². The van der Waals surface area contributed by atoms with Gasteiger partial charge in [0.2, 0.25) is 0 Å². The van der Waals surface area contributed by atoms with Crippen molar-refractivity contribution in [2.45, 2.75) is 0 Å². The molecule has 0 N–H and O–H groups in total. The molecule has 2 aromatic heterocycles. The Hall–Kier alpha value is -8.08. The lowest BCUT2D eigenvalue weighted by molar-refractivity contribution is 1.17. The van der Waals surface area contributed by atoms with E-state index in [1.807, 2.05) is 18.2 Å². The minimum absolute atomic E-state index is 0.716. The summed E-state index contributed by atoms with van der Waals surface area (Å²) in [4.78, 5) is 12.4. The van der Waals surface area contributed by atoms with E-state index in [0.29, 0.717) is 5.82 Å². The van der Waals surface area contributed by atoms with Crippen LogP contribution in [0.15, 0.2) is 231 Å². The largest absolute Gasteiger partial charge is 0.311 e. The van der Waals surface area contributed by atoms with E-state index in [2.05, 4.69) is 222 Å². The third-order valence-electron chi connectivity index (χ3n) is 11.4. The number of para-hydroxylation sites is 3. The minimum Gasteiger partial charge on any atom is -0.311 e. The molecule has 0 fully saturated rings. The molecule has 0 spiro atoms. The second kappa shape index (κ2) is 15.0. The van der Waals surface area contributed by atoms with Gasteiger partial charge >= 0.3 is 0 Å². The highest BCUT2D eigenvalue weighted by Crippen LogP contribution is 2.39. The van der Waals surface area contributed by atoms with Gasteiger partial charge < -0.3 is 9.47 Å². The molecule has 4 heteroatoms. The first-order chi connectivity index (χ1) is 29.7. The van der Waals surface area contributed by atoms with Crippen LogP contribution >= 0.6 is 0 Å². The van der Waals surface area contributed by atoms with Gasteiger partial charge in [0.15, 0.2) is 5.82 Å². The van der Waals surface area contributed by atoms with Gasteiger partial charge in [-0.1, -0.05) is 164 Å². The van der Waals surface area contributed by atoms with Crippen molar-refractivity contribution in [1.29, 1.82) is 0 Å². The van der Waals surface area contributed by atoms with E-state index in [4.69, 9.17) is 9.97 Å². The molecular weight excluding hydrogens is 729 g/mol. The fraction of sp³-hybridized carbons (Fsp3) is 0. The zero-order valence-corrected chi connectivity index (χ0v) is 32.7. The summed E-state index contributed by atoms with van der Waals surface area (Å²) in [5.74, 6) is 0.716. The van der Waals surface area contributed by atoms with Crippen LogP contribution in [0.25, 0.3) is 83.3 Å². The molecule has 0 saturated heterocycles. The van der Waals surface area contributed by atoms with E-state index < -0.39 is 0 Å². The predicted octanol–water partition coefficient (Wildman–Crippen LogP) is 14.9. The average molecular weight is 767 g/mol. The minimum atomic E-state index is 0.716.